The minimum atomic E-state index is -4.86. The van der Waals surface area contributed by atoms with Gasteiger partial charge in [0.2, 0.25) is 0 Å². The fourth-order valence-corrected chi connectivity index (χ4v) is 6.12. The molecule has 8 nitrogen and oxygen atoms in total. The average Bonchev–Trinajstić information content (AvgIpc) is 3.46. The predicted octanol–water partition coefficient (Wildman–Crippen LogP) is 3.93. The van der Waals surface area contributed by atoms with E-state index in [0.717, 1.165) is 43.1 Å². The van der Waals surface area contributed by atoms with Gasteiger partial charge in [-0.3, -0.25) is 14.5 Å². The SMILES string of the molecule is N#Cc1ncc(N2C(=O)C3(CCC3)N(c3ccc(C(=O)NCCN4CCCC4)c(F)c3)C2S)cc1C(F)(F)F. The minimum absolute atomic E-state index is 0.146. The van der Waals surface area contributed by atoms with E-state index in [0.29, 0.717) is 38.4 Å². The number of thiol groups is 1. The number of anilines is 2. The quantitative estimate of drug-likeness (QED) is 0.410. The number of carbonyl (C=O) groups excluding carboxylic acids is 2. The van der Waals surface area contributed by atoms with Crippen molar-refractivity contribution in [1.82, 2.24) is 15.2 Å². The number of alkyl halides is 3. The van der Waals surface area contributed by atoms with Crippen LogP contribution in [0.1, 0.15) is 53.7 Å². The topological polar surface area (TPSA) is 92.6 Å². The zero-order valence-corrected chi connectivity index (χ0v) is 21.7. The fourth-order valence-electron chi connectivity index (χ4n) is 5.52. The first kappa shape index (κ1) is 27.2. The Labute approximate surface area is 228 Å². The molecule has 206 valence electrons. The first-order valence-corrected chi connectivity index (χ1v) is 13.2. The largest absolute Gasteiger partial charge is 0.419 e. The lowest BCUT2D eigenvalue weighted by atomic mass is 9.75. The predicted molar refractivity (Wildman–Crippen MR) is 138 cm³/mol. The number of hydrogen-bond donors (Lipinski definition) is 2. The molecule has 2 saturated heterocycles. The lowest BCUT2D eigenvalue weighted by molar-refractivity contribution is -0.138. The number of pyridine rings is 1. The van der Waals surface area contributed by atoms with Gasteiger partial charge in [-0.05, 0) is 69.5 Å². The van der Waals surface area contributed by atoms with E-state index in [1.165, 1.54) is 18.2 Å². The van der Waals surface area contributed by atoms with Gasteiger partial charge in [0, 0.05) is 18.8 Å². The van der Waals surface area contributed by atoms with Gasteiger partial charge in [0.25, 0.3) is 11.8 Å². The fraction of sp³-hybridized carbons (Fsp3) is 0.462. The standard InChI is InChI=1S/C26H26F4N6O2S/c27-20-13-16(4-5-18(20)22(37)32-8-11-34-9-1-2-10-34)36-24(39)35(23(38)25(36)6-3-7-25)17-12-19(26(28,29)30)21(14-31)33-15-17/h4-5,12-13,15,24,39H,1-3,6-11H2,(H,32,37). The van der Waals surface area contributed by atoms with Gasteiger partial charge in [-0.1, -0.05) is 0 Å². The van der Waals surface area contributed by atoms with E-state index in [1.807, 2.05) is 0 Å². The summed E-state index contributed by atoms with van der Waals surface area (Å²) in [4.78, 5) is 34.7. The van der Waals surface area contributed by atoms with Crippen LogP contribution >= 0.6 is 12.6 Å². The number of likely N-dealkylation sites (tertiary alicyclic amines) is 1. The van der Waals surface area contributed by atoms with Crippen molar-refractivity contribution in [3.8, 4) is 6.07 Å². The number of benzene rings is 1. The molecule has 0 radical (unpaired) electrons. The van der Waals surface area contributed by atoms with E-state index in [1.54, 1.807) is 4.90 Å². The molecule has 2 aromatic rings. The van der Waals surface area contributed by atoms with Crippen molar-refractivity contribution in [1.29, 1.82) is 5.26 Å². The van der Waals surface area contributed by atoms with Gasteiger partial charge in [0.1, 0.15) is 17.4 Å². The first-order chi connectivity index (χ1) is 18.6. The Hall–Kier alpha value is -3.37. The number of nitrogens with zero attached hydrogens (tertiary/aromatic N) is 5. The van der Waals surface area contributed by atoms with Crippen LogP contribution in [0.2, 0.25) is 0 Å². The number of hydrogen-bond acceptors (Lipinski definition) is 7. The van der Waals surface area contributed by atoms with Crippen LogP contribution in [0, 0.1) is 17.1 Å². The van der Waals surface area contributed by atoms with Crippen LogP contribution in [-0.2, 0) is 11.0 Å². The Morgan fingerprint density at radius 2 is 1.90 bits per heavy atom. The van der Waals surface area contributed by atoms with Gasteiger partial charge < -0.3 is 15.1 Å². The number of nitriles is 1. The maximum atomic E-state index is 15.2. The molecule has 1 aromatic heterocycles. The lowest BCUT2D eigenvalue weighted by Gasteiger charge is -2.44. The van der Waals surface area contributed by atoms with Gasteiger partial charge >= 0.3 is 6.18 Å². The zero-order valence-electron chi connectivity index (χ0n) is 20.8. The molecule has 2 amide bonds. The number of carbonyl (C=O) groups is 2. The first-order valence-electron chi connectivity index (χ1n) is 12.7. The summed E-state index contributed by atoms with van der Waals surface area (Å²) in [5.74, 6) is -1.83. The third-order valence-corrected chi connectivity index (χ3v) is 8.13. The highest BCUT2D eigenvalue weighted by atomic mass is 32.1. The molecule has 1 aromatic carbocycles. The molecule has 0 bridgehead atoms. The van der Waals surface area contributed by atoms with Crippen molar-refractivity contribution in [2.24, 2.45) is 0 Å². The highest BCUT2D eigenvalue weighted by molar-refractivity contribution is 7.81. The van der Waals surface area contributed by atoms with Gasteiger partial charge in [-0.25, -0.2) is 9.37 Å². The number of rotatable bonds is 6. The normalized spacial score (nSPS) is 20.8. The Bertz CT molecular complexity index is 1340. The molecular weight excluding hydrogens is 536 g/mol. The minimum Gasteiger partial charge on any atom is -0.351 e. The molecule has 1 aliphatic carbocycles. The molecule has 3 aliphatic rings. The van der Waals surface area contributed by atoms with Crippen molar-refractivity contribution >= 4 is 35.8 Å². The molecule has 1 unspecified atom stereocenters. The van der Waals surface area contributed by atoms with Crippen LogP contribution < -0.4 is 15.1 Å². The lowest BCUT2D eigenvalue weighted by Crippen LogP contribution is -2.55. The Kier molecular flexibility index (Phi) is 7.19. The highest BCUT2D eigenvalue weighted by Gasteiger charge is 2.60. The van der Waals surface area contributed by atoms with Crippen molar-refractivity contribution < 1.29 is 27.2 Å². The van der Waals surface area contributed by atoms with E-state index in [9.17, 15) is 22.8 Å². The van der Waals surface area contributed by atoms with Crippen molar-refractivity contribution in [2.45, 2.75) is 49.3 Å². The number of nitrogens with one attached hydrogen (secondary N) is 1. The van der Waals surface area contributed by atoms with Crippen LogP contribution in [0.4, 0.5) is 28.9 Å². The summed E-state index contributed by atoms with van der Waals surface area (Å²) in [6, 6.07) is 6.12. The molecule has 3 heterocycles. The molecule has 1 atom stereocenters. The van der Waals surface area contributed by atoms with E-state index < -0.39 is 46.1 Å². The molecule has 1 spiro atoms. The summed E-state index contributed by atoms with van der Waals surface area (Å²) in [5.41, 5.74) is -4.31. The molecule has 39 heavy (non-hydrogen) atoms. The molecular formula is C26H26F4N6O2S. The van der Waals surface area contributed by atoms with Crippen molar-refractivity contribution in [2.75, 3.05) is 36.0 Å². The van der Waals surface area contributed by atoms with E-state index in [-0.39, 0.29) is 16.9 Å². The van der Waals surface area contributed by atoms with E-state index in [4.69, 9.17) is 5.26 Å². The van der Waals surface area contributed by atoms with Gasteiger partial charge in [-0.15, -0.1) is 12.6 Å². The molecule has 1 N–H and O–H groups in total. The van der Waals surface area contributed by atoms with Gasteiger partial charge in [-0.2, -0.15) is 18.4 Å². The Morgan fingerprint density at radius 3 is 2.49 bits per heavy atom. The van der Waals surface area contributed by atoms with Gasteiger partial charge in [0.05, 0.1) is 23.0 Å². The van der Waals surface area contributed by atoms with Crippen LogP contribution in [0.25, 0.3) is 0 Å². The van der Waals surface area contributed by atoms with Gasteiger partial charge in [0.15, 0.2) is 11.2 Å². The summed E-state index contributed by atoms with van der Waals surface area (Å²) in [6.45, 7) is 3.03. The molecule has 2 aliphatic heterocycles. The monoisotopic (exact) mass is 562 g/mol. The second-order valence-corrected chi connectivity index (χ2v) is 10.4. The summed E-state index contributed by atoms with van der Waals surface area (Å²) in [6.07, 6.45) is -0.0918. The third-order valence-electron chi connectivity index (χ3n) is 7.67. The van der Waals surface area contributed by atoms with Crippen LogP contribution in [0.15, 0.2) is 30.5 Å². The van der Waals surface area contributed by atoms with E-state index in [2.05, 4.69) is 27.8 Å². The molecule has 13 heteroatoms. The number of amides is 2. The van der Waals surface area contributed by atoms with E-state index >= 15 is 4.39 Å². The summed E-state index contributed by atoms with van der Waals surface area (Å²) >= 11 is 4.56. The third kappa shape index (κ3) is 4.80. The average molecular weight is 563 g/mol. The maximum absolute atomic E-state index is 15.2. The number of halogens is 4. The van der Waals surface area contributed by atoms with Crippen LogP contribution in [0.3, 0.4) is 0 Å². The molecule has 5 rings (SSSR count). The highest BCUT2D eigenvalue weighted by Crippen LogP contribution is 2.50. The van der Waals surface area contributed by atoms with Crippen LogP contribution in [-0.4, -0.2) is 58.9 Å². The Balaban J connectivity index is 1.41. The summed E-state index contributed by atoms with van der Waals surface area (Å²) in [7, 11) is 0. The second kappa shape index (κ2) is 10.3. The van der Waals surface area contributed by atoms with Crippen LogP contribution in [0.5, 0.6) is 0 Å². The molecule has 1 saturated carbocycles. The molecule has 3 fully saturated rings. The Morgan fingerprint density at radius 1 is 1.18 bits per heavy atom. The maximum Gasteiger partial charge on any atom is 0.419 e. The summed E-state index contributed by atoms with van der Waals surface area (Å²) < 4.78 is 55.9. The van der Waals surface area contributed by atoms with Crippen molar-refractivity contribution in [3.05, 3.63) is 53.1 Å². The number of aromatic nitrogens is 1. The second-order valence-electron chi connectivity index (χ2n) is 9.94. The van der Waals surface area contributed by atoms with Crippen molar-refractivity contribution in [3.63, 3.8) is 0 Å². The smallest absolute Gasteiger partial charge is 0.351 e. The summed E-state index contributed by atoms with van der Waals surface area (Å²) in [5, 5.41) is 11.8. The zero-order chi connectivity index (χ0) is 27.9.